The molecule has 3 rings (SSSR count). The average Bonchev–Trinajstić information content (AvgIpc) is 3.14. The number of carbonyl (C=O) groups excluding carboxylic acids is 2. The molecule has 0 aliphatic carbocycles. The van der Waals surface area contributed by atoms with Gasteiger partial charge in [0, 0.05) is 0 Å². The Hall–Kier alpha value is -3.34. The first-order valence-electron chi connectivity index (χ1n) is 9.48. The van der Waals surface area contributed by atoms with Crippen molar-refractivity contribution in [3.63, 3.8) is 0 Å². The first kappa shape index (κ1) is 22.3. The second kappa shape index (κ2) is 8.42. The molecule has 1 aliphatic heterocycles. The Labute approximate surface area is 174 Å². The minimum atomic E-state index is -4.50. The van der Waals surface area contributed by atoms with Crippen LogP contribution in [0.25, 0.3) is 0 Å². The molecule has 31 heavy (non-hydrogen) atoms. The topological polar surface area (TPSA) is 116 Å². The van der Waals surface area contributed by atoms with Gasteiger partial charge in [-0.25, -0.2) is 0 Å². The quantitative estimate of drug-likeness (QED) is 0.535. The normalized spacial score (nSPS) is 15.5. The molecule has 1 amide bonds. The van der Waals surface area contributed by atoms with Crippen molar-refractivity contribution in [1.29, 1.82) is 0 Å². The Bertz CT molecular complexity index is 1080. The third kappa shape index (κ3) is 4.55. The molecule has 1 aromatic heterocycles. The zero-order valence-electron chi connectivity index (χ0n) is 16.5. The van der Waals surface area contributed by atoms with Crippen LogP contribution >= 0.6 is 0 Å². The molecular formula is C20H20F3N3O5. The molecule has 2 aromatic rings. The lowest BCUT2D eigenvalue weighted by Gasteiger charge is -2.15. The molecule has 3 N–H and O–H groups in total. The highest BCUT2D eigenvalue weighted by atomic mass is 19.4. The Kier molecular flexibility index (Phi) is 6.07. The van der Waals surface area contributed by atoms with Crippen molar-refractivity contribution >= 4 is 11.9 Å². The van der Waals surface area contributed by atoms with E-state index in [2.05, 4.69) is 0 Å². The highest BCUT2D eigenvalue weighted by molar-refractivity contribution is 5.98. The highest BCUT2D eigenvalue weighted by Gasteiger charge is 2.34. The van der Waals surface area contributed by atoms with Crippen LogP contribution < -0.4 is 20.9 Å². The first-order valence-corrected chi connectivity index (χ1v) is 9.48. The standard InChI is InChI=1S/C20H20F3N3O5/c1-2-25-9-13-14(10-25)26(8-11-3-5-12(6-4-11)20(21,22)23)19(31)16(17(13)29)18(30)24-7-15(27)28/h3-6,29H,2,7-10H2,1H3,(H,24,30)(H,27,28). The summed E-state index contributed by atoms with van der Waals surface area (Å²) in [4.78, 5) is 37.1. The second-order valence-electron chi connectivity index (χ2n) is 7.25. The summed E-state index contributed by atoms with van der Waals surface area (Å²) in [7, 11) is 0. The zero-order chi connectivity index (χ0) is 22.9. The van der Waals surface area contributed by atoms with Gasteiger partial charge in [0.25, 0.3) is 11.5 Å². The molecule has 1 unspecified atom stereocenters. The largest absolute Gasteiger partial charge is 0.548 e. The Morgan fingerprint density at radius 1 is 1.23 bits per heavy atom. The van der Waals surface area contributed by atoms with E-state index < -0.39 is 47.0 Å². The number of pyridine rings is 1. The summed E-state index contributed by atoms with van der Waals surface area (Å²) >= 11 is 0. The van der Waals surface area contributed by atoms with E-state index in [9.17, 15) is 37.8 Å². The predicted molar refractivity (Wildman–Crippen MR) is 99.2 cm³/mol. The van der Waals surface area contributed by atoms with Gasteiger partial charge >= 0.3 is 6.18 Å². The number of fused-ring (bicyclic) bond motifs is 1. The van der Waals surface area contributed by atoms with Crippen LogP contribution in [-0.2, 0) is 30.6 Å². The van der Waals surface area contributed by atoms with Gasteiger partial charge < -0.3 is 29.8 Å². The van der Waals surface area contributed by atoms with E-state index in [1.807, 2.05) is 12.2 Å². The number of alkyl halides is 3. The molecule has 1 aliphatic rings. The molecule has 0 saturated carbocycles. The predicted octanol–water partition coefficient (Wildman–Crippen LogP) is -0.981. The van der Waals surface area contributed by atoms with Gasteiger partial charge in [-0.05, 0) is 24.6 Å². The van der Waals surface area contributed by atoms with Gasteiger partial charge in [-0.1, -0.05) is 12.1 Å². The number of aromatic hydroxyl groups is 1. The van der Waals surface area contributed by atoms with Crippen molar-refractivity contribution in [3.05, 3.63) is 62.6 Å². The number of halogens is 3. The monoisotopic (exact) mass is 439 g/mol. The van der Waals surface area contributed by atoms with Crippen LogP contribution in [0.5, 0.6) is 5.75 Å². The van der Waals surface area contributed by atoms with Gasteiger partial charge in [0.15, 0.2) is 0 Å². The number of quaternary nitrogens is 1. The van der Waals surface area contributed by atoms with E-state index in [1.165, 1.54) is 16.7 Å². The molecule has 0 fully saturated rings. The average molecular weight is 439 g/mol. The summed E-state index contributed by atoms with van der Waals surface area (Å²) in [5.74, 6) is -3.15. The van der Waals surface area contributed by atoms with Gasteiger partial charge in [0.1, 0.15) is 24.4 Å². The number of carboxylic acid groups (broad SMARTS) is 1. The number of carboxylic acids is 1. The van der Waals surface area contributed by atoms with Crippen LogP contribution in [0.4, 0.5) is 13.2 Å². The van der Waals surface area contributed by atoms with Crippen molar-refractivity contribution in [3.8, 4) is 5.75 Å². The Morgan fingerprint density at radius 2 is 1.87 bits per heavy atom. The Balaban J connectivity index is 2.06. The number of rotatable bonds is 6. The molecule has 8 nitrogen and oxygen atoms in total. The molecule has 0 bridgehead atoms. The molecule has 1 aromatic carbocycles. The fourth-order valence-electron chi connectivity index (χ4n) is 3.59. The van der Waals surface area contributed by atoms with Crippen molar-refractivity contribution in [1.82, 2.24) is 9.88 Å². The molecule has 0 spiro atoms. The molecule has 0 saturated heterocycles. The number of nitrogens with zero attached hydrogens (tertiary/aromatic N) is 1. The summed E-state index contributed by atoms with van der Waals surface area (Å²) in [6.45, 7) is 2.35. The van der Waals surface area contributed by atoms with Gasteiger partial charge in [0.2, 0.25) is 0 Å². The third-order valence-electron chi connectivity index (χ3n) is 5.24. The van der Waals surface area contributed by atoms with Crippen LogP contribution in [0.2, 0.25) is 0 Å². The number of hydrogen-bond donors (Lipinski definition) is 3. The molecule has 0 radical (unpaired) electrons. The van der Waals surface area contributed by atoms with Gasteiger partial charge in [0.05, 0.1) is 42.4 Å². The maximum atomic E-state index is 13.1. The van der Waals surface area contributed by atoms with E-state index >= 15 is 0 Å². The first-order chi connectivity index (χ1) is 14.5. The number of hydrogen-bond acceptors (Lipinski definition) is 5. The van der Waals surface area contributed by atoms with E-state index in [-0.39, 0.29) is 6.54 Å². The Morgan fingerprint density at radius 3 is 2.42 bits per heavy atom. The van der Waals surface area contributed by atoms with Gasteiger partial charge in [-0.3, -0.25) is 9.59 Å². The fourth-order valence-corrected chi connectivity index (χ4v) is 3.59. The molecule has 11 heteroatoms. The van der Waals surface area contributed by atoms with Crippen LogP contribution in [0.3, 0.4) is 0 Å². The van der Waals surface area contributed by atoms with Crippen molar-refractivity contribution < 1.29 is 37.9 Å². The number of carbonyl (C=O) groups is 2. The molecule has 1 atom stereocenters. The van der Waals surface area contributed by atoms with Crippen LogP contribution in [0.15, 0.2) is 29.1 Å². The lowest BCUT2D eigenvalue weighted by molar-refractivity contribution is -0.919. The van der Waals surface area contributed by atoms with Crippen molar-refractivity contribution in [2.75, 3.05) is 13.1 Å². The summed E-state index contributed by atoms with van der Waals surface area (Å²) in [5.41, 5.74) is -1.04. The highest BCUT2D eigenvalue weighted by Crippen LogP contribution is 2.30. The minimum absolute atomic E-state index is 0.114. The van der Waals surface area contributed by atoms with Crippen molar-refractivity contribution in [2.24, 2.45) is 0 Å². The minimum Gasteiger partial charge on any atom is -0.548 e. The van der Waals surface area contributed by atoms with E-state index in [0.717, 1.165) is 17.0 Å². The van der Waals surface area contributed by atoms with Gasteiger partial charge in [-0.15, -0.1) is 0 Å². The SMILES string of the molecule is CC[NH+]1Cc2c(O)c(C(=O)NCC(=O)[O-])c(=O)n(Cc3ccc(C(F)(F)F)cc3)c2C1. The number of aliphatic carboxylic acids is 1. The molecule has 166 valence electrons. The summed E-state index contributed by atoms with van der Waals surface area (Å²) in [5, 5.41) is 23.2. The lowest BCUT2D eigenvalue weighted by atomic mass is 10.1. The van der Waals surface area contributed by atoms with Crippen molar-refractivity contribution in [2.45, 2.75) is 32.7 Å². The summed E-state index contributed by atoms with van der Waals surface area (Å²) in [6.07, 6.45) is -4.50. The van der Waals surface area contributed by atoms with E-state index in [0.29, 0.717) is 36.5 Å². The maximum absolute atomic E-state index is 13.1. The summed E-state index contributed by atoms with van der Waals surface area (Å²) < 4.78 is 39.7. The molecular weight excluding hydrogens is 419 g/mol. The van der Waals surface area contributed by atoms with Crippen LogP contribution in [0.1, 0.15) is 39.7 Å². The maximum Gasteiger partial charge on any atom is 0.416 e. The number of benzene rings is 1. The summed E-state index contributed by atoms with van der Waals surface area (Å²) in [6, 6.07) is 4.28. The fraction of sp³-hybridized carbons (Fsp3) is 0.350. The number of amides is 1. The van der Waals surface area contributed by atoms with Crippen LogP contribution in [0, 0.1) is 0 Å². The second-order valence-corrected chi connectivity index (χ2v) is 7.25. The number of nitrogens with one attached hydrogen (secondary N) is 2. The van der Waals surface area contributed by atoms with Crippen LogP contribution in [-0.4, -0.2) is 34.6 Å². The van der Waals surface area contributed by atoms with Gasteiger partial charge in [-0.2, -0.15) is 13.2 Å². The molecule has 2 heterocycles. The number of aromatic nitrogens is 1. The lowest BCUT2D eigenvalue weighted by Crippen LogP contribution is -3.07. The van der Waals surface area contributed by atoms with E-state index in [4.69, 9.17) is 0 Å². The van der Waals surface area contributed by atoms with E-state index in [1.54, 1.807) is 0 Å². The zero-order valence-corrected chi connectivity index (χ0v) is 16.5. The third-order valence-corrected chi connectivity index (χ3v) is 5.24. The smallest absolute Gasteiger partial charge is 0.416 e.